The molecule has 0 N–H and O–H groups in total. The van der Waals surface area contributed by atoms with Gasteiger partial charge < -0.3 is 13.7 Å². The van der Waals surface area contributed by atoms with E-state index in [1.807, 2.05) is 24.3 Å². The van der Waals surface area contributed by atoms with Gasteiger partial charge in [-0.05, 0) is 76.2 Å². The molecular formula is C38H21N3O2. The van der Waals surface area contributed by atoms with Crippen LogP contribution in [-0.4, -0.2) is 9.97 Å². The molecule has 0 saturated heterocycles. The summed E-state index contributed by atoms with van der Waals surface area (Å²) in [6.07, 6.45) is 5.35. The van der Waals surface area contributed by atoms with Crippen molar-refractivity contribution in [1.82, 2.24) is 9.97 Å². The maximum Gasteiger partial charge on any atom is 0.227 e. The topological polar surface area (TPSA) is 55.3 Å². The molecule has 9 aromatic rings. The molecule has 0 amide bonds. The Hall–Kier alpha value is -5.94. The molecule has 10 rings (SSSR count). The number of hydrogen-bond donors (Lipinski definition) is 0. The molecule has 0 spiro atoms. The smallest absolute Gasteiger partial charge is 0.227 e. The standard InChI is InChI=1S/C38H21N3O2/c1-2-7-24-23(6-1)27-8-3-9-29-31(16-15-28(24)36(27)29)41(22-13-14-25-26-17-19-39-21-35(26)42-34(25)20-22)32-11-4-12-33-37(32)30-10-5-18-40-38(30)43-33/h1-21H. The van der Waals surface area contributed by atoms with Crippen molar-refractivity contribution in [2.45, 2.75) is 0 Å². The maximum atomic E-state index is 6.32. The molecule has 5 nitrogen and oxygen atoms in total. The van der Waals surface area contributed by atoms with Crippen LogP contribution in [0.15, 0.2) is 137 Å². The third kappa shape index (κ3) is 3.05. The van der Waals surface area contributed by atoms with Crippen LogP contribution in [0, 0.1) is 0 Å². The molecule has 1 aliphatic rings. The van der Waals surface area contributed by atoms with Gasteiger partial charge in [0, 0.05) is 40.3 Å². The summed E-state index contributed by atoms with van der Waals surface area (Å²) in [5.41, 5.74) is 11.2. The molecule has 4 heterocycles. The van der Waals surface area contributed by atoms with Gasteiger partial charge in [0.15, 0.2) is 5.58 Å². The molecule has 1 aliphatic carbocycles. The molecule has 0 atom stereocenters. The molecule has 43 heavy (non-hydrogen) atoms. The van der Waals surface area contributed by atoms with E-state index in [-0.39, 0.29) is 0 Å². The molecule has 0 radical (unpaired) electrons. The van der Waals surface area contributed by atoms with Gasteiger partial charge in [0.2, 0.25) is 5.71 Å². The number of furan rings is 2. The zero-order chi connectivity index (χ0) is 28.1. The van der Waals surface area contributed by atoms with E-state index < -0.39 is 0 Å². The molecule has 4 aromatic heterocycles. The molecular weight excluding hydrogens is 530 g/mol. The number of benzene rings is 5. The minimum Gasteiger partial charge on any atom is -0.454 e. The summed E-state index contributed by atoms with van der Waals surface area (Å²) in [6.45, 7) is 0. The molecule has 5 heteroatoms. The van der Waals surface area contributed by atoms with E-state index in [1.165, 1.54) is 33.0 Å². The second-order valence-electron chi connectivity index (χ2n) is 11.0. The summed E-state index contributed by atoms with van der Waals surface area (Å²) >= 11 is 0. The average Bonchev–Trinajstić information content (AvgIpc) is 3.73. The highest BCUT2D eigenvalue weighted by atomic mass is 16.3. The van der Waals surface area contributed by atoms with E-state index in [9.17, 15) is 0 Å². The van der Waals surface area contributed by atoms with Gasteiger partial charge in [-0.15, -0.1) is 0 Å². The van der Waals surface area contributed by atoms with Gasteiger partial charge in [-0.25, -0.2) is 4.98 Å². The number of nitrogens with zero attached hydrogens (tertiary/aromatic N) is 3. The predicted molar refractivity (Wildman–Crippen MR) is 173 cm³/mol. The van der Waals surface area contributed by atoms with Crippen LogP contribution in [0.2, 0.25) is 0 Å². The Morgan fingerprint density at radius 1 is 0.488 bits per heavy atom. The van der Waals surface area contributed by atoms with Crippen molar-refractivity contribution >= 4 is 71.8 Å². The Labute approximate surface area is 245 Å². The number of aromatic nitrogens is 2. The first kappa shape index (κ1) is 22.7. The lowest BCUT2D eigenvalue weighted by atomic mass is 9.99. The largest absolute Gasteiger partial charge is 0.454 e. The van der Waals surface area contributed by atoms with Gasteiger partial charge in [-0.1, -0.05) is 54.6 Å². The predicted octanol–water partition coefficient (Wildman–Crippen LogP) is 10.5. The van der Waals surface area contributed by atoms with E-state index in [0.717, 1.165) is 55.4 Å². The van der Waals surface area contributed by atoms with Crippen LogP contribution in [0.5, 0.6) is 0 Å². The van der Waals surface area contributed by atoms with Crippen LogP contribution in [0.1, 0.15) is 0 Å². The Morgan fingerprint density at radius 3 is 2.23 bits per heavy atom. The fourth-order valence-electron chi connectivity index (χ4n) is 6.98. The first-order chi connectivity index (χ1) is 21.3. The summed E-state index contributed by atoms with van der Waals surface area (Å²) in [6, 6.07) is 38.5. The lowest BCUT2D eigenvalue weighted by Crippen LogP contribution is -2.11. The maximum absolute atomic E-state index is 6.32. The first-order valence-corrected chi connectivity index (χ1v) is 14.3. The van der Waals surface area contributed by atoms with Gasteiger partial charge in [-0.3, -0.25) is 4.98 Å². The van der Waals surface area contributed by atoms with E-state index in [1.54, 1.807) is 18.6 Å². The molecule has 0 fully saturated rings. The normalized spacial score (nSPS) is 12.2. The number of rotatable bonds is 3. The van der Waals surface area contributed by atoms with Crippen molar-refractivity contribution in [3.05, 3.63) is 128 Å². The van der Waals surface area contributed by atoms with Crippen molar-refractivity contribution in [2.75, 3.05) is 4.90 Å². The van der Waals surface area contributed by atoms with Gasteiger partial charge in [0.05, 0.1) is 28.3 Å². The van der Waals surface area contributed by atoms with Gasteiger partial charge in [-0.2, -0.15) is 0 Å². The molecule has 5 aromatic carbocycles. The molecule has 0 saturated carbocycles. The summed E-state index contributed by atoms with van der Waals surface area (Å²) in [5, 5.41) is 6.57. The van der Waals surface area contributed by atoms with Crippen LogP contribution < -0.4 is 4.90 Å². The number of fused-ring (bicyclic) bond motifs is 9. The monoisotopic (exact) mass is 551 g/mol. The Bertz CT molecular complexity index is 2560. The van der Waals surface area contributed by atoms with Crippen LogP contribution in [-0.2, 0) is 0 Å². The minimum atomic E-state index is 0.626. The fraction of sp³-hybridized carbons (Fsp3) is 0. The fourth-order valence-corrected chi connectivity index (χ4v) is 6.98. The van der Waals surface area contributed by atoms with E-state index in [0.29, 0.717) is 5.71 Å². The van der Waals surface area contributed by atoms with E-state index in [4.69, 9.17) is 8.83 Å². The van der Waals surface area contributed by atoms with Crippen LogP contribution >= 0.6 is 0 Å². The van der Waals surface area contributed by atoms with Crippen LogP contribution in [0.3, 0.4) is 0 Å². The zero-order valence-corrected chi connectivity index (χ0v) is 22.8. The van der Waals surface area contributed by atoms with Crippen molar-refractivity contribution in [2.24, 2.45) is 0 Å². The van der Waals surface area contributed by atoms with Crippen LogP contribution in [0.4, 0.5) is 17.1 Å². The van der Waals surface area contributed by atoms with Gasteiger partial charge in [0.25, 0.3) is 0 Å². The summed E-state index contributed by atoms with van der Waals surface area (Å²) in [4.78, 5) is 11.1. The third-order valence-electron chi connectivity index (χ3n) is 8.78. The van der Waals surface area contributed by atoms with Crippen molar-refractivity contribution < 1.29 is 8.83 Å². The highest BCUT2D eigenvalue weighted by molar-refractivity contribution is 6.21. The minimum absolute atomic E-state index is 0.626. The lowest BCUT2D eigenvalue weighted by Gasteiger charge is -2.28. The summed E-state index contributed by atoms with van der Waals surface area (Å²) in [5.74, 6) is 0. The van der Waals surface area contributed by atoms with E-state index >= 15 is 0 Å². The molecule has 0 aliphatic heterocycles. The highest BCUT2D eigenvalue weighted by Crippen LogP contribution is 2.52. The summed E-state index contributed by atoms with van der Waals surface area (Å²) in [7, 11) is 0. The lowest BCUT2D eigenvalue weighted by molar-refractivity contribution is 0.654. The molecule has 0 bridgehead atoms. The Balaban J connectivity index is 1.31. The third-order valence-corrected chi connectivity index (χ3v) is 8.78. The van der Waals surface area contributed by atoms with Crippen LogP contribution in [0.25, 0.3) is 77.0 Å². The van der Waals surface area contributed by atoms with E-state index in [2.05, 4.69) is 99.8 Å². The molecule has 0 unspecified atom stereocenters. The molecule has 200 valence electrons. The number of pyridine rings is 2. The average molecular weight is 552 g/mol. The number of hydrogen-bond acceptors (Lipinski definition) is 5. The Morgan fingerprint density at radius 2 is 1.30 bits per heavy atom. The van der Waals surface area contributed by atoms with Crippen molar-refractivity contribution in [3.63, 3.8) is 0 Å². The second-order valence-corrected chi connectivity index (χ2v) is 11.0. The quantitative estimate of drug-likeness (QED) is 0.219. The SMILES string of the molecule is c1ccc2c(c1)-c1cccc3c(N(c4ccc5c(c4)oc4cnccc45)c4cccc5oc6ncccc6c45)ccc-2c13. The first-order valence-electron chi connectivity index (χ1n) is 14.3. The van der Waals surface area contributed by atoms with Gasteiger partial charge >= 0.3 is 0 Å². The zero-order valence-electron chi connectivity index (χ0n) is 22.8. The highest BCUT2D eigenvalue weighted by Gasteiger charge is 2.26. The summed E-state index contributed by atoms with van der Waals surface area (Å²) < 4.78 is 12.6. The van der Waals surface area contributed by atoms with Crippen molar-refractivity contribution in [3.8, 4) is 22.3 Å². The van der Waals surface area contributed by atoms with Crippen molar-refractivity contribution in [1.29, 1.82) is 0 Å². The Kier molecular flexibility index (Phi) is 4.39. The second kappa shape index (κ2) is 8.30. The van der Waals surface area contributed by atoms with Gasteiger partial charge in [0.1, 0.15) is 11.2 Å². The number of anilines is 3.